The maximum Gasteiger partial charge on any atom is 0.268 e. The van der Waals surface area contributed by atoms with Gasteiger partial charge in [-0.15, -0.1) is 0 Å². The Kier molecular flexibility index (Phi) is 3.86. The van der Waals surface area contributed by atoms with Crippen LogP contribution >= 0.6 is 15.9 Å². The molecule has 96 valence electrons. The molecule has 0 aromatic carbocycles. The van der Waals surface area contributed by atoms with Crippen LogP contribution in [0.15, 0.2) is 29.1 Å². The van der Waals surface area contributed by atoms with Gasteiger partial charge in [0.05, 0.1) is 6.54 Å². The van der Waals surface area contributed by atoms with Crippen LogP contribution in [-0.4, -0.2) is 20.4 Å². The zero-order valence-electron chi connectivity index (χ0n) is 10.3. The van der Waals surface area contributed by atoms with Gasteiger partial charge in [0, 0.05) is 29.1 Å². The second-order valence-corrected chi connectivity index (χ2v) is 5.18. The normalized spacial score (nSPS) is 10.9. The third-order valence-electron chi connectivity index (χ3n) is 2.58. The predicted molar refractivity (Wildman–Crippen MR) is 72.3 cm³/mol. The minimum absolute atomic E-state index is 0.106. The molecule has 0 unspecified atom stereocenters. The number of aromatic amines is 1. The van der Waals surface area contributed by atoms with E-state index in [1.807, 2.05) is 30.7 Å². The van der Waals surface area contributed by atoms with Gasteiger partial charge in [0.1, 0.15) is 11.5 Å². The van der Waals surface area contributed by atoms with Crippen molar-refractivity contribution in [2.75, 3.05) is 0 Å². The molecule has 0 aliphatic rings. The molecule has 2 N–H and O–H groups in total. The Labute approximate surface area is 114 Å². The Morgan fingerprint density at radius 3 is 3.00 bits per heavy atom. The Balaban J connectivity index is 2.09. The molecule has 2 rings (SSSR count). The zero-order valence-corrected chi connectivity index (χ0v) is 11.9. The molecule has 6 heteroatoms. The predicted octanol–water partition coefficient (Wildman–Crippen LogP) is 2.48. The molecule has 0 aliphatic carbocycles. The molecule has 18 heavy (non-hydrogen) atoms. The van der Waals surface area contributed by atoms with E-state index in [9.17, 15) is 4.79 Å². The maximum absolute atomic E-state index is 12.1. The van der Waals surface area contributed by atoms with Gasteiger partial charge in [0.25, 0.3) is 5.91 Å². The molecule has 0 radical (unpaired) electrons. The number of aromatic nitrogens is 3. The van der Waals surface area contributed by atoms with Crippen molar-refractivity contribution in [1.82, 2.24) is 19.9 Å². The van der Waals surface area contributed by atoms with E-state index in [2.05, 4.69) is 31.2 Å². The van der Waals surface area contributed by atoms with Crippen molar-refractivity contribution in [3.8, 4) is 0 Å². The van der Waals surface area contributed by atoms with Crippen LogP contribution in [0.25, 0.3) is 0 Å². The minimum Gasteiger partial charge on any atom is -0.347 e. The summed E-state index contributed by atoms with van der Waals surface area (Å²) in [6.45, 7) is 4.47. The summed E-state index contributed by atoms with van der Waals surface area (Å²) in [4.78, 5) is 19.1. The zero-order chi connectivity index (χ0) is 13.1. The van der Waals surface area contributed by atoms with Gasteiger partial charge in [-0.3, -0.25) is 4.79 Å². The topological polar surface area (TPSA) is 62.7 Å². The monoisotopic (exact) mass is 310 g/mol. The fourth-order valence-electron chi connectivity index (χ4n) is 1.70. The summed E-state index contributed by atoms with van der Waals surface area (Å²) in [5, 5.41) is 2.84. The quantitative estimate of drug-likeness (QED) is 0.911. The lowest BCUT2D eigenvalue weighted by Gasteiger charge is -2.12. The van der Waals surface area contributed by atoms with Crippen LogP contribution in [0.1, 0.15) is 36.2 Å². The van der Waals surface area contributed by atoms with E-state index in [0.29, 0.717) is 12.2 Å². The van der Waals surface area contributed by atoms with Gasteiger partial charge in [-0.25, -0.2) is 4.98 Å². The molecule has 5 nitrogen and oxygen atoms in total. The van der Waals surface area contributed by atoms with E-state index in [4.69, 9.17) is 0 Å². The first-order valence-corrected chi connectivity index (χ1v) is 6.51. The van der Waals surface area contributed by atoms with Gasteiger partial charge in [0.15, 0.2) is 0 Å². The lowest BCUT2D eigenvalue weighted by Crippen LogP contribution is -2.26. The summed E-state index contributed by atoms with van der Waals surface area (Å²) >= 11 is 3.39. The molecule has 0 bridgehead atoms. The largest absolute Gasteiger partial charge is 0.347 e. The van der Waals surface area contributed by atoms with E-state index in [0.717, 1.165) is 10.3 Å². The molecule has 0 aliphatic heterocycles. The van der Waals surface area contributed by atoms with Crippen molar-refractivity contribution in [2.24, 2.45) is 0 Å². The number of hydrogen-bond donors (Lipinski definition) is 2. The van der Waals surface area contributed by atoms with E-state index in [-0.39, 0.29) is 11.9 Å². The van der Waals surface area contributed by atoms with Crippen molar-refractivity contribution in [3.05, 3.63) is 40.6 Å². The molecule has 0 atom stereocenters. The number of nitrogens with one attached hydrogen (secondary N) is 2. The van der Waals surface area contributed by atoms with Crippen molar-refractivity contribution in [2.45, 2.75) is 26.4 Å². The molecule has 0 saturated carbocycles. The third-order valence-corrected chi connectivity index (χ3v) is 3.01. The number of H-pyrrole nitrogens is 1. The summed E-state index contributed by atoms with van der Waals surface area (Å²) in [7, 11) is 0. The standard InChI is InChI=1S/C12H15BrN4O/c1-8(2)17-7-9(13)5-10(17)12(18)16-6-11-14-3-4-15-11/h3-5,7-8H,6H2,1-2H3,(H,14,15)(H,16,18). The number of imidazole rings is 1. The molecular weight excluding hydrogens is 296 g/mol. The molecule has 2 aromatic heterocycles. The summed E-state index contributed by atoms with van der Waals surface area (Å²) < 4.78 is 2.83. The molecule has 2 heterocycles. The second kappa shape index (κ2) is 5.39. The molecule has 0 saturated heterocycles. The van der Waals surface area contributed by atoms with Gasteiger partial charge in [-0.05, 0) is 35.8 Å². The molecule has 0 spiro atoms. The number of amides is 1. The molecule has 2 aromatic rings. The number of halogens is 1. The Hall–Kier alpha value is -1.56. The summed E-state index contributed by atoms with van der Waals surface area (Å²) in [6.07, 6.45) is 5.30. The number of carbonyl (C=O) groups is 1. The lowest BCUT2D eigenvalue weighted by atomic mass is 10.3. The first kappa shape index (κ1) is 12.9. The number of rotatable bonds is 4. The highest BCUT2D eigenvalue weighted by atomic mass is 79.9. The van der Waals surface area contributed by atoms with Crippen LogP contribution < -0.4 is 5.32 Å². The average Bonchev–Trinajstić information content (AvgIpc) is 2.94. The molecule has 1 amide bonds. The van der Waals surface area contributed by atoms with Gasteiger partial charge in [-0.1, -0.05) is 0 Å². The van der Waals surface area contributed by atoms with Crippen molar-refractivity contribution < 1.29 is 4.79 Å². The number of carbonyl (C=O) groups excluding carboxylic acids is 1. The average molecular weight is 311 g/mol. The summed E-state index contributed by atoms with van der Waals surface area (Å²) in [5.41, 5.74) is 0.642. The highest BCUT2D eigenvalue weighted by molar-refractivity contribution is 9.10. The first-order chi connectivity index (χ1) is 8.58. The highest BCUT2D eigenvalue weighted by Crippen LogP contribution is 2.19. The van der Waals surface area contributed by atoms with Crippen molar-refractivity contribution >= 4 is 21.8 Å². The fraction of sp³-hybridized carbons (Fsp3) is 0.333. The fourth-order valence-corrected chi connectivity index (χ4v) is 2.14. The Bertz CT molecular complexity index is 530. The van der Waals surface area contributed by atoms with Crippen LogP contribution in [0, 0.1) is 0 Å². The van der Waals surface area contributed by atoms with E-state index in [1.54, 1.807) is 12.4 Å². The van der Waals surface area contributed by atoms with E-state index < -0.39 is 0 Å². The number of nitrogens with zero attached hydrogens (tertiary/aromatic N) is 2. The van der Waals surface area contributed by atoms with Gasteiger partial charge < -0.3 is 14.9 Å². The first-order valence-electron chi connectivity index (χ1n) is 5.71. The second-order valence-electron chi connectivity index (χ2n) is 4.26. The molecule has 0 fully saturated rings. The van der Waals surface area contributed by atoms with Crippen molar-refractivity contribution in [1.29, 1.82) is 0 Å². The van der Waals surface area contributed by atoms with Gasteiger partial charge in [0.2, 0.25) is 0 Å². The van der Waals surface area contributed by atoms with Crippen LogP contribution in [0.5, 0.6) is 0 Å². The van der Waals surface area contributed by atoms with Gasteiger partial charge in [-0.2, -0.15) is 0 Å². The van der Waals surface area contributed by atoms with Crippen LogP contribution in [0.4, 0.5) is 0 Å². The van der Waals surface area contributed by atoms with Gasteiger partial charge >= 0.3 is 0 Å². The van der Waals surface area contributed by atoms with Crippen LogP contribution in [0.3, 0.4) is 0 Å². The third kappa shape index (κ3) is 2.81. The Morgan fingerprint density at radius 1 is 1.61 bits per heavy atom. The molecular formula is C12H15BrN4O. The maximum atomic E-state index is 12.1. The summed E-state index contributed by atoms with van der Waals surface area (Å²) in [5.74, 6) is 0.635. The minimum atomic E-state index is -0.106. The summed E-state index contributed by atoms with van der Waals surface area (Å²) in [6, 6.07) is 2.05. The van der Waals surface area contributed by atoms with Crippen LogP contribution in [0.2, 0.25) is 0 Å². The van der Waals surface area contributed by atoms with E-state index in [1.165, 1.54) is 0 Å². The lowest BCUT2D eigenvalue weighted by molar-refractivity contribution is 0.0939. The van der Waals surface area contributed by atoms with Crippen molar-refractivity contribution in [3.63, 3.8) is 0 Å². The SMILES string of the molecule is CC(C)n1cc(Br)cc1C(=O)NCc1ncc[nH]1. The smallest absolute Gasteiger partial charge is 0.268 e. The number of hydrogen-bond acceptors (Lipinski definition) is 2. The Morgan fingerprint density at radius 2 is 2.39 bits per heavy atom. The van der Waals surface area contributed by atoms with Crippen LogP contribution in [-0.2, 0) is 6.54 Å². The van der Waals surface area contributed by atoms with E-state index >= 15 is 0 Å². The highest BCUT2D eigenvalue weighted by Gasteiger charge is 2.14.